The molecule has 2 saturated heterocycles. The fourth-order valence-corrected chi connectivity index (χ4v) is 5.01. The van der Waals surface area contributed by atoms with E-state index in [0.717, 1.165) is 5.69 Å². The smallest absolute Gasteiger partial charge is 0.404 e. The monoisotopic (exact) mass is 377 g/mol. The number of benzene rings is 1. The Labute approximate surface area is 156 Å². The first-order valence-electron chi connectivity index (χ1n) is 8.78. The van der Waals surface area contributed by atoms with Gasteiger partial charge in [0.1, 0.15) is 12.4 Å². The number of nitrogens with zero attached hydrogens (tertiary/aromatic N) is 2. The van der Waals surface area contributed by atoms with Crippen molar-refractivity contribution >= 4 is 17.7 Å². The van der Waals surface area contributed by atoms with Gasteiger partial charge in [-0.1, -0.05) is 0 Å². The van der Waals surface area contributed by atoms with Crippen LogP contribution in [0.1, 0.15) is 24.0 Å². The van der Waals surface area contributed by atoms with Gasteiger partial charge in [0.2, 0.25) is 5.91 Å². The molecule has 3 aliphatic heterocycles. The number of nitrogens with two attached hydrogens (primary N) is 1. The van der Waals surface area contributed by atoms with Crippen LogP contribution in [0, 0.1) is 6.92 Å². The van der Waals surface area contributed by atoms with Crippen LogP contribution in [0.3, 0.4) is 0 Å². The topological polar surface area (TPSA) is 114 Å². The molecule has 0 unspecified atom stereocenters. The van der Waals surface area contributed by atoms with Crippen molar-refractivity contribution in [3.8, 4) is 17.2 Å². The summed E-state index contributed by atoms with van der Waals surface area (Å²) in [6.07, 6.45) is -0.880. The molecule has 2 amide bonds. The number of anilines is 1. The molecule has 3 aliphatic rings. The van der Waals surface area contributed by atoms with Gasteiger partial charge in [0.25, 0.3) is 0 Å². The van der Waals surface area contributed by atoms with Crippen LogP contribution in [0.4, 0.5) is 10.5 Å². The summed E-state index contributed by atoms with van der Waals surface area (Å²) in [4.78, 5) is 27.1. The molecule has 3 heterocycles. The summed E-state index contributed by atoms with van der Waals surface area (Å²) in [6.45, 7) is 4.00. The highest BCUT2D eigenvalue weighted by Crippen LogP contribution is 2.61. The highest BCUT2D eigenvalue weighted by Gasteiger charge is 2.66. The van der Waals surface area contributed by atoms with Gasteiger partial charge in [0, 0.05) is 30.5 Å². The van der Waals surface area contributed by atoms with E-state index < -0.39 is 6.09 Å². The Balaban J connectivity index is 1.85. The third-order valence-corrected chi connectivity index (χ3v) is 5.95. The maximum absolute atomic E-state index is 11.9. The second kappa shape index (κ2) is 5.83. The zero-order valence-electron chi connectivity index (χ0n) is 15.7. The predicted octanol–water partition coefficient (Wildman–Crippen LogP) is 0.698. The van der Waals surface area contributed by atoms with E-state index in [0.29, 0.717) is 29.2 Å². The molecule has 146 valence electrons. The van der Waals surface area contributed by atoms with Crippen LogP contribution in [0.15, 0.2) is 0 Å². The number of hydrogen-bond acceptors (Lipinski definition) is 7. The van der Waals surface area contributed by atoms with Crippen LogP contribution in [0.25, 0.3) is 0 Å². The molecule has 27 heavy (non-hydrogen) atoms. The third-order valence-electron chi connectivity index (χ3n) is 5.95. The molecule has 9 nitrogen and oxygen atoms in total. The van der Waals surface area contributed by atoms with E-state index in [1.54, 1.807) is 14.0 Å². The molecule has 0 saturated carbocycles. The normalized spacial score (nSPS) is 27.0. The molecule has 0 aromatic heterocycles. The van der Waals surface area contributed by atoms with Gasteiger partial charge in [-0.3, -0.25) is 4.79 Å². The summed E-state index contributed by atoms with van der Waals surface area (Å²) in [7, 11) is 3.05. The highest BCUT2D eigenvalue weighted by molar-refractivity contribution is 5.84. The summed E-state index contributed by atoms with van der Waals surface area (Å²) in [5.74, 6) is 0.605. The van der Waals surface area contributed by atoms with Crippen molar-refractivity contribution < 1.29 is 28.9 Å². The van der Waals surface area contributed by atoms with Crippen molar-refractivity contribution in [2.24, 2.45) is 5.73 Å². The van der Waals surface area contributed by atoms with Crippen molar-refractivity contribution in [3.05, 3.63) is 11.1 Å². The number of carbonyl (C=O) groups excluding carboxylic acids is 2. The first-order valence-corrected chi connectivity index (χ1v) is 8.78. The number of phenolic OH excluding ortho intramolecular Hbond substituents is 1. The van der Waals surface area contributed by atoms with E-state index in [4.69, 9.17) is 19.9 Å². The largest absolute Gasteiger partial charge is 0.504 e. The van der Waals surface area contributed by atoms with Crippen LogP contribution < -0.4 is 20.1 Å². The molecular formula is C18H23N3O6. The van der Waals surface area contributed by atoms with Gasteiger partial charge >= 0.3 is 6.09 Å². The lowest BCUT2D eigenvalue weighted by Gasteiger charge is -2.28. The van der Waals surface area contributed by atoms with Gasteiger partial charge in [-0.15, -0.1) is 0 Å². The third kappa shape index (κ3) is 2.23. The predicted molar refractivity (Wildman–Crippen MR) is 95.5 cm³/mol. The summed E-state index contributed by atoms with van der Waals surface area (Å²) in [5.41, 5.74) is 7.24. The number of fused-ring (bicyclic) bond motifs is 5. The number of phenols is 1. The van der Waals surface area contributed by atoms with Crippen molar-refractivity contribution in [3.63, 3.8) is 0 Å². The lowest BCUT2D eigenvalue weighted by atomic mass is 9.91. The zero-order chi connectivity index (χ0) is 19.6. The average molecular weight is 377 g/mol. The fraction of sp³-hybridized carbons (Fsp3) is 0.556. The second-order valence-corrected chi connectivity index (χ2v) is 7.17. The fourth-order valence-electron chi connectivity index (χ4n) is 5.01. The average Bonchev–Trinajstić information content (AvgIpc) is 3.04. The van der Waals surface area contributed by atoms with Crippen LogP contribution in [0.5, 0.6) is 17.2 Å². The van der Waals surface area contributed by atoms with Gasteiger partial charge in [-0.25, -0.2) is 4.79 Å². The Morgan fingerprint density at radius 3 is 2.44 bits per heavy atom. The molecular weight excluding hydrogens is 354 g/mol. The number of piperazine rings is 1. The first kappa shape index (κ1) is 17.6. The zero-order valence-corrected chi connectivity index (χ0v) is 15.7. The Morgan fingerprint density at radius 1 is 1.22 bits per heavy atom. The van der Waals surface area contributed by atoms with Crippen molar-refractivity contribution in [1.29, 1.82) is 0 Å². The van der Waals surface area contributed by atoms with Crippen LogP contribution in [-0.2, 0) is 9.53 Å². The maximum atomic E-state index is 11.9. The second-order valence-electron chi connectivity index (χ2n) is 7.17. The summed E-state index contributed by atoms with van der Waals surface area (Å²) < 4.78 is 16.1. The highest BCUT2D eigenvalue weighted by atomic mass is 16.5. The lowest BCUT2D eigenvalue weighted by Crippen LogP contribution is -2.40. The molecule has 0 radical (unpaired) electrons. The molecule has 4 rings (SSSR count). The molecule has 3 N–H and O–H groups in total. The SMILES string of the molecule is COc1c(C)c(OC)c2c(c1O)[C@@H](COC(N)=O)[C@H]1[C@@H]3[C@H](CN21)N3C(C)=O. The number of methoxy groups -OCH3 is 2. The van der Waals surface area contributed by atoms with Gasteiger partial charge in [-0.05, 0) is 6.92 Å². The van der Waals surface area contributed by atoms with E-state index in [2.05, 4.69) is 4.90 Å². The summed E-state index contributed by atoms with van der Waals surface area (Å²) in [5, 5.41) is 10.9. The lowest BCUT2D eigenvalue weighted by molar-refractivity contribution is -0.124. The summed E-state index contributed by atoms with van der Waals surface area (Å²) >= 11 is 0. The molecule has 0 aliphatic carbocycles. The molecule has 1 aromatic carbocycles. The van der Waals surface area contributed by atoms with E-state index in [9.17, 15) is 14.7 Å². The molecule has 1 aromatic rings. The van der Waals surface area contributed by atoms with E-state index in [1.165, 1.54) is 7.11 Å². The van der Waals surface area contributed by atoms with Gasteiger partial charge in [0.05, 0.1) is 38.0 Å². The minimum atomic E-state index is -0.880. The van der Waals surface area contributed by atoms with Gasteiger partial charge in [-0.2, -0.15) is 0 Å². The number of aromatic hydroxyl groups is 1. The molecule has 0 bridgehead atoms. The van der Waals surface area contributed by atoms with Crippen LogP contribution >= 0.6 is 0 Å². The quantitative estimate of drug-likeness (QED) is 0.742. The van der Waals surface area contributed by atoms with Crippen molar-refractivity contribution in [2.45, 2.75) is 37.9 Å². The van der Waals surface area contributed by atoms with Crippen LogP contribution in [-0.4, -0.2) is 67.5 Å². The number of amides is 2. The number of primary amides is 1. The number of carbonyl (C=O) groups is 2. The van der Waals surface area contributed by atoms with E-state index in [1.807, 2.05) is 11.8 Å². The molecule has 9 heteroatoms. The number of rotatable bonds is 4. The maximum Gasteiger partial charge on any atom is 0.404 e. The Kier molecular flexibility index (Phi) is 3.79. The summed E-state index contributed by atoms with van der Waals surface area (Å²) in [6, 6.07) is -0.00248. The number of hydrogen-bond donors (Lipinski definition) is 2. The van der Waals surface area contributed by atoms with Gasteiger partial charge in [0.15, 0.2) is 11.5 Å². The Morgan fingerprint density at radius 2 is 1.89 bits per heavy atom. The molecule has 4 atom stereocenters. The minimum Gasteiger partial charge on any atom is -0.504 e. The standard InChI is InChI=1S/C18H23N3O6/c1-7-16(25-3)14-11(15(23)17(7)26-4)9(6-27-18(19)24)12-13-10(5-20(12)14)21(13)8(2)22/h9-10,12-13,23H,5-6H2,1-4H3,(H2,19,24)/t9-,10+,12+,13+,21?/m1/s1. The number of ether oxygens (including phenoxy) is 3. The minimum absolute atomic E-state index is 0.00138. The van der Waals surface area contributed by atoms with E-state index in [-0.39, 0.29) is 42.3 Å². The molecule has 2 fully saturated rings. The Bertz CT molecular complexity index is 841. The van der Waals surface area contributed by atoms with Crippen molar-refractivity contribution in [1.82, 2.24) is 4.90 Å². The Hall–Kier alpha value is -2.84. The van der Waals surface area contributed by atoms with Crippen LogP contribution in [0.2, 0.25) is 0 Å². The van der Waals surface area contributed by atoms with E-state index >= 15 is 0 Å². The van der Waals surface area contributed by atoms with Gasteiger partial charge < -0.3 is 34.9 Å². The first-order chi connectivity index (χ1) is 12.8. The van der Waals surface area contributed by atoms with Crippen molar-refractivity contribution in [2.75, 3.05) is 32.3 Å². The molecule has 0 spiro atoms.